The van der Waals surface area contributed by atoms with Crippen molar-refractivity contribution in [2.24, 2.45) is 5.92 Å². The number of nitrogens with zero attached hydrogens (tertiary/aromatic N) is 3. The summed E-state index contributed by atoms with van der Waals surface area (Å²) in [7, 11) is 0. The zero-order chi connectivity index (χ0) is 16.3. The van der Waals surface area contributed by atoms with Gasteiger partial charge in [-0.1, -0.05) is 32.6 Å². The van der Waals surface area contributed by atoms with Crippen LogP contribution in [0.25, 0.3) is 5.65 Å². The fourth-order valence-electron chi connectivity index (χ4n) is 5.49. The molecule has 0 aromatic carbocycles. The van der Waals surface area contributed by atoms with Gasteiger partial charge in [-0.3, -0.25) is 0 Å². The van der Waals surface area contributed by atoms with Gasteiger partial charge in [0.1, 0.15) is 5.82 Å². The van der Waals surface area contributed by atoms with Gasteiger partial charge in [-0.25, -0.2) is 4.98 Å². The molecule has 0 amide bonds. The maximum atomic E-state index is 5.15. The van der Waals surface area contributed by atoms with Gasteiger partial charge in [0, 0.05) is 17.0 Å². The maximum Gasteiger partial charge on any atom is 0.171 e. The predicted molar refractivity (Wildman–Crippen MR) is 99.6 cm³/mol. The van der Waals surface area contributed by atoms with Crippen molar-refractivity contribution in [3.05, 3.63) is 21.9 Å². The summed E-state index contributed by atoms with van der Waals surface area (Å²) < 4.78 is 3.05. The molecule has 0 radical (unpaired) electrons. The molecule has 2 fully saturated rings. The summed E-state index contributed by atoms with van der Waals surface area (Å²) in [6.07, 6.45) is 13.6. The summed E-state index contributed by atoms with van der Waals surface area (Å²) in [5.41, 5.74) is 4.11. The van der Waals surface area contributed by atoms with E-state index in [1.807, 2.05) is 10.7 Å². The molecular weight excluding hydrogens is 364 g/mol. The summed E-state index contributed by atoms with van der Waals surface area (Å²) in [6, 6.07) is 0.595. The Morgan fingerprint density at radius 2 is 1.96 bits per heavy atom. The molecule has 2 heterocycles. The standard InChI is InChI=1S/C19H25BrN4/c1-12-10-14-16(19(12)8-4-5-9-19)23-18-15(20)11-21-24(18)17(14)22-13-6-2-3-7-13/h11-13,22H,2-10H2,1H3. The number of aromatic nitrogens is 3. The first-order valence-electron chi connectivity index (χ1n) is 9.52. The molecule has 24 heavy (non-hydrogen) atoms. The van der Waals surface area contributed by atoms with Gasteiger partial charge >= 0.3 is 0 Å². The Morgan fingerprint density at radius 1 is 1.21 bits per heavy atom. The van der Waals surface area contributed by atoms with Crippen molar-refractivity contribution < 1.29 is 0 Å². The zero-order valence-corrected chi connectivity index (χ0v) is 15.9. The Kier molecular flexibility index (Phi) is 3.45. The summed E-state index contributed by atoms with van der Waals surface area (Å²) in [5.74, 6) is 1.92. The Bertz CT molecular complexity index is 784. The summed E-state index contributed by atoms with van der Waals surface area (Å²) >= 11 is 3.66. The molecule has 2 aromatic heterocycles. The van der Waals surface area contributed by atoms with Crippen molar-refractivity contribution in [1.29, 1.82) is 0 Å². The summed E-state index contributed by atoms with van der Waals surface area (Å²) in [5, 5.41) is 8.49. The lowest BCUT2D eigenvalue weighted by Gasteiger charge is -2.29. The van der Waals surface area contributed by atoms with Gasteiger partial charge in [0.05, 0.1) is 16.4 Å². The van der Waals surface area contributed by atoms with Gasteiger partial charge in [0.2, 0.25) is 0 Å². The second-order valence-corrected chi connectivity index (χ2v) is 8.96. The molecule has 1 atom stereocenters. The highest BCUT2D eigenvalue weighted by atomic mass is 79.9. The highest BCUT2D eigenvalue weighted by Gasteiger charge is 2.49. The third-order valence-electron chi connectivity index (χ3n) is 6.82. The van der Waals surface area contributed by atoms with E-state index in [0.717, 1.165) is 16.5 Å². The van der Waals surface area contributed by atoms with Crippen molar-refractivity contribution in [2.45, 2.75) is 76.2 Å². The third-order valence-corrected chi connectivity index (χ3v) is 7.38. The van der Waals surface area contributed by atoms with Crippen molar-refractivity contribution in [1.82, 2.24) is 14.6 Å². The lowest BCUT2D eigenvalue weighted by Crippen LogP contribution is -2.27. The molecule has 3 aliphatic carbocycles. The topological polar surface area (TPSA) is 42.2 Å². The number of hydrogen-bond acceptors (Lipinski definition) is 3. The molecule has 0 bridgehead atoms. The molecule has 128 valence electrons. The van der Waals surface area contributed by atoms with E-state index in [4.69, 9.17) is 4.98 Å². The van der Waals surface area contributed by atoms with Crippen LogP contribution in [0.15, 0.2) is 10.7 Å². The van der Waals surface area contributed by atoms with E-state index in [1.165, 1.54) is 68.4 Å². The van der Waals surface area contributed by atoms with Gasteiger partial charge in [0.15, 0.2) is 5.65 Å². The number of fused-ring (bicyclic) bond motifs is 3. The zero-order valence-electron chi connectivity index (χ0n) is 14.3. The number of anilines is 1. The van der Waals surface area contributed by atoms with Crippen LogP contribution in [0.4, 0.5) is 5.82 Å². The Labute approximate surface area is 151 Å². The molecule has 5 rings (SSSR count). The van der Waals surface area contributed by atoms with E-state index < -0.39 is 0 Å². The molecule has 3 aliphatic rings. The van der Waals surface area contributed by atoms with Crippen molar-refractivity contribution in [3.63, 3.8) is 0 Å². The lowest BCUT2D eigenvalue weighted by molar-refractivity contribution is 0.316. The van der Waals surface area contributed by atoms with Crippen LogP contribution in [0.1, 0.15) is 69.5 Å². The van der Waals surface area contributed by atoms with E-state index in [2.05, 4.69) is 33.3 Å². The smallest absolute Gasteiger partial charge is 0.171 e. The number of halogens is 1. The first-order valence-corrected chi connectivity index (χ1v) is 10.3. The van der Waals surface area contributed by atoms with Crippen molar-refractivity contribution >= 4 is 27.4 Å². The summed E-state index contributed by atoms with van der Waals surface area (Å²) in [4.78, 5) is 5.15. The monoisotopic (exact) mass is 388 g/mol. The van der Waals surface area contributed by atoms with Gasteiger partial charge < -0.3 is 5.32 Å². The fourth-order valence-corrected chi connectivity index (χ4v) is 5.84. The molecule has 0 aliphatic heterocycles. The van der Waals surface area contributed by atoms with E-state index >= 15 is 0 Å². The van der Waals surface area contributed by atoms with Gasteiger partial charge in [-0.2, -0.15) is 9.61 Å². The van der Waals surface area contributed by atoms with Crippen LogP contribution in [0.2, 0.25) is 0 Å². The molecule has 2 aromatic rings. The predicted octanol–water partition coefficient (Wildman–Crippen LogP) is 4.85. The second kappa shape index (κ2) is 5.45. The Hall–Kier alpha value is -1.10. The summed E-state index contributed by atoms with van der Waals surface area (Å²) in [6.45, 7) is 2.43. The van der Waals surface area contributed by atoms with Crippen LogP contribution in [-0.2, 0) is 11.8 Å². The quantitative estimate of drug-likeness (QED) is 0.799. The number of nitrogens with one attached hydrogen (secondary N) is 1. The SMILES string of the molecule is CC1Cc2c(nc3c(Br)cnn3c2NC2CCCC2)C12CCCC2. The molecule has 5 heteroatoms. The largest absolute Gasteiger partial charge is 0.367 e. The van der Waals surface area contributed by atoms with Crippen molar-refractivity contribution in [3.8, 4) is 0 Å². The minimum atomic E-state index is 0.312. The highest BCUT2D eigenvalue weighted by Crippen LogP contribution is 2.54. The van der Waals surface area contributed by atoms with E-state index in [0.29, 0.717) is 17.4 Å². The van der Waals surface area contributed by atoms with Crippen LogP contribution in [0, 0.1) is 5.92 Å². The number of hydrogen-bond donors (Lipinski definition) is 1. The normalized spacial score (nSPS) is 25.8. The molecular formula is C19H25BrN4. The van der Waals surface area contributed by atoms with Crippen LogP contribution in [0.3, 0.4) is 0 Å². The van der Waals surface area contributed by atoms with E-state index in [-0.39, 0.29) is 0 Å². The number of rotatable bonds is 2. The lowest BCUT2D eigenvalue weighted by atomic mass is 9.76. The first-order chi connectivity index (χ1) is 11.7. The second-order valence-electron chi connectivity index (χ2n) is 8.11. The Balaban J connectivity index is 1.71. The molecule has 0 saturated heterocycles. The first kappa shape index (κ1) is 15.2. The highest BCUT2D eigenvalue weighted by molar-refractivity contribution is 9.10. The minimum Gasteiger partial charge on any atom is -0.367 e. The van der Waals surface area contributed by atoms with Gasteiger partial charge in [-0.05, 0) is 54.0 Å². The van der Waals surface area contributed by atoms with E-state index in [9.17, 15) is 0 Å². The van der Waals surface area contributed by atoms with Crippen LogP contribution < -0.4 is 5.32 Å². The van der Waals surface area contributed by atoms with Crippen LogP contribution in [-0.4, -0.2) is 20.6 Å². The molecule has 1 N–H and O–H groups in total. The van der Waals surface area contributed by atoms with Gasteiger partial charge in [0.25, 0.3) is 0 Å². The maximum absolute atomic E-state index is 5.15. The molecule has 2 saturated carbocycles. The Morgan fingerprint density at radius 3 is 2.71 bits per heavy atom. The van der Waals surface area contributed by atoms with Crippen molar-refractivity contribution in [2.75, 3.05) is 5.32 Å². The average Bonchev–Trinajstić information content (AvgIpc) is 3.33. The van der Waals surface area contributed by atoms with Gasteiger partial charge in [-0.15, -0.1) is 0 Å². The van der Waals surface area contributed by atoms with E-state index in [1.54, 1.807) is 0 Å². The third kappa shape index (κ3) is 2.03. The molecule has 1 unspecified atom stereocenters. The van der Waals surface area contributed by atoms with Crippen LogP contribution in [0.5, 0.6) is 0 Å². The average molecular weight is 389 g/mol. The fraction of sp³-hybridized carbons (Fsp3) is 0.684. The minimum absolute atomic E-state index is 0.312. The molecule has 1 spiro atoms. The molecule has 4 nitrogen and oxygen atoms in total. The van der Waals surface area contributed by atoms with Crippen LogP contribution >= 0.6 is 15.9 Å².